The highest BCUT2D eigenvalue weighted by molar-refractivity contribution is 5.52. The molecule has 2 N–H and O–H groups in total. The van der Waals surface area contributed by atoms with Crippen LogP contribution in [-0.4, -0.2) is 53.2 Å². The van der Waals surface area contributed by atoms with Gasteiger partial charge in [0.15, 0.2) is 0 Å². The number of fused-ring (bicyclic) bond motifs is 2. The maximum absolute atomic E-state index is 11.4. The molecule has 5 aliphatic carbocycles. The maximum atomic E-state index is 11.4. The summed E-state index contributed by atoms with van der Waals surface area (Å²) in [5, 5.41) is 22.6. The molecule has 6 rings (SSSR count). The molecular formula is C22H33NO3. The second kappa shape index (κ2) is 5.42. The SMILES string of the molecule is C=C1C2CCC3(C(O)CC4C5(C)CCCC4(CN(CC=O)C5)C3C2)C1O. The molecule has 1 spiro atoms. The molecule has 8 atom stereocenters. The van der Waals surface area contributed by atoms with Crippen molar-refractivity contribution in [2.45, 2.75) is 64.1 Å². The molecule has 1 heterocycles. The summed E-state index contributed by atoms with van der Waals surface area (Å²) in [6.07, 6.45) is 7.59. The van der Waals surface area contributed by atoms with Crippen LogP contribution in [-0.2, 0) is 4.79 Å². The zero-order valence-electron chi connectivity index (χ0n) is 16.0. The number of hydrogen-bond acceptors (Lipinski definition) is 4. The lowest BCUT2D eigenvalue weighted by Crippen LogP contribution is -2.74. The first-order chi connectivity index (χ1) is 12.4. The fraction of sp³-hybridized carbons (Fsp3) is 0.864. The molecule has 26 heavy (non-hydrogen) atoms. The Labute approximate surface area is 156 Å². The quantitative estimate of drug-likeness (QED) is 0.587. The van der Waals surface area contributed by atoms with Gasteiger partial charge in [0, 0.05) is 18.5 Å². The van der Waals surface area contributed by atoms with Gasteiger partial charge < -0.3 is 15.0 Å². The van der Waals surface area contributed by atoms with Crippen molar-refractivity contribution in [3.8, 4) is 0 Å². The second-order valence-corrected chi connectivity index (χ2v) is 10.5. The minimum atomic E-state index is -0.556. The summed E-state index contributed by atoms with van der Waals surface area (Å²) in [4.78, 5) is 13.7. The molecular weight excluding hydrogens is 326 g/mol. The van der Waals surface area contributed by atoms with Crippen LogP contribution in [0.4, 0.5) is 0 Å². The fourth-order valence-corrected chi connectivity index (χ4v) is 8.75. The molecule has 6 fully saturated rings. The van der Waals surface area contributed by atoms with E-state index in [0.717, 1.165) is 50.6 Å². The van der Waals surface area contributed by atoms with E-state index in [4.69, 9.17) is 0 Å². The van der Waals surface area contributed by atoms with Crippen molar-refractivity contribution in [1.82, 2.24) is 4.90 Å². The van der Waals surface area contributed by atoms with Crippen LogP contribution in [0.2, 0.25) is 0 Å². The Morgan fingerprint density at radius 3 is 2.77 bits per heavy atom. The summed E-state index contributed by atoms with van der Waals surface area (Å²) in [5.41, 5.74) is 0.903. The van der Waals surface area contributed by atoms with Crippen molar-refractivity contribution in [3.05, 3.63) is 12.2 Å². The third-order valence-electron chi connectivity index (χ3n) is 9.61. The number of aldehydes is 1. The number of piperidine rings is 1. The lowest BCUT2D eigenvalue weighted by molar-refractivity contribution is -0.275. The number of rotatable bonds is 2. The first-order valence-corrected chi connectivity index (χ1v) is 10.6. The van der Waals surface area contributed by atoms with Crippen LogP contribution in [0.5, 0.6) is 0 Å². The van der Waals surface area contributed by atoms with Gasteiger partial charge in [-0.3, -0.25) is 4.90 Å². The predicted molar refractivity (Wildman–Crippen MR) is 99.4 cm³/mol. The number of carbonyl (C=O) groups is 1. The number of aliphatic hydroxyl groups is 2. The summed E-state index contributed by atoms with van der Waals surface area (Å²) >= 11 is 0. The number of nitrogens with zero attached hydrogens (tertiary/aromatic N) is 1. The molecule has 0 aromatic rings. The van der Waals surface area contributed by atoms with E-state index in [1.807, 2.05) is 0 Å². The molecule has 144 valence electrons. The molecule has 4 bridgehead atoms. The molecule has 4 nitrogen and oxygen atoms in total. The Bertz CT molecular complexity index is 649. The Morgan fingerprint density at radius 2 is 2.00 bits per heavy atom. The smallest absolute Gasteiger partial charge is 0.133 e. The standard InChI is InChI=1S/C22H33NO3/c1-14-15-4-7-22(19(14)26)17(10-15)21-6-3-5-20(2,16(21)11-18(22)25)12-23(13-21)8-9-24/h9,15-19,25-26H,1,3-8,10-13H2,2H3. The average Bonchev–Trinajstić information content (AvgIpc) is 2.60. The Hall–Kier alpha value is -0.710. The van der Waals surface area contributed by atoms with Crippen LogP contribution in [0, 0.1) is 34.0 Å². The van der Waals surface area contributed by atoms with Crippen LogP contribution in [0.15, 0.2) is 12.2 Å². The van der Waals surface area contributed by atoms with Crippen molar-refractivity contribution in [2.75, 3.05) is 19.6 Å². The van der Waals surface area contributed by atoms with Gasteiger partial charge in [0.2, 0.25) is 0 Å². The summed E-state index contributed by atoms with van der Waals surface area (Å²) in [6, 6.07) is 0. The Balaban J connectivity index is 1.64. The molecule has 8 unspecified atom stereocenters. The molecule has 1 saturated heterocycles. The highest BCUT2D eigenvalue weighted by Gasteiger charge is 2.72. The van der Waals surface area contributed by atoms with Crippen molar-refractivity contribution >= 4 is 6.29 Å². The largest absolute Gasteiger partial charge is 0.392 e. The highest BCUT2D eigenvalue weighted by atomic mass is 16.3. The van der Waals surface area contributed by atoms with Crippen molar-refractivity contribution in [3.63, 3.8) is 0 Å². The van der Waals surface area contributed by atoms with E-state index < -0.39 is 17.6 Å². The fourth-order valence-electron chi connectivity index (χ4n) is 8.75. The summed E-state index contributed by atoms with van der Waals surface area (Å²) in [5.74, 6) is 1.28. The van der Waals surface area contributed by atoms with E-state index in [2.05, 4.69) is 18.4 Å². The molecule has 0 radical (unpaired) electrons. The van der Waals surface area contributed by atoms with E-state index in [1.165, 1.54) is 19.3 Å². The van der Waals surface area contributed by atoms with Gasteiger partial charge >= 0.3 is 0 Å². The third-order valence-corrected chi connectivity index (χ3v) is 9.61. The first-order valence-electron chi connectivity index (χ1n) is 10.6. The molecule has 1 aliphatic heterocycles. The second-order valence-electron chi connectivity index (χ2n) is 10.5. The van der Waals surface area contributed by atoms with Crippen LogP contribution < -0.4 is 0 Å². The summed E-state index contributed by atoms with van der Waals surface area (Å²) in [6.45, 7) is 9.08. The van der Waals surface area contributed by atoms with Gasteiger partial charge in [-0.1, -0.05) is 19.9 Å². The van der Waals surface area contributed by atoms with E-state index in [1.54, 1.807) is 0 Å². The van der Waals surface area contributed by atoms with Gasteiger partial charge in [0.25, 0.3) is 0 Å². The molecule has 5 saturated carbocycles. The Morgan fingerprint density at radius 1 is 1.19 bits per heavy atom. The van der Waals surface area contributed by atoms with Gasteiger partial charge in [-0.25, -0.2) is 0 Å². The van der Waals surface area contributed by atoms with E-state index in [9.17, 15) is 15.0 Å². The van der Waals surface area contributed by atoms with Crippen molar-refractivity contribution in [2.24, 2.45) is 34.0 Å². The Kier molecular flexibility index (Phi) is 3.63. The molecule has 6 aliphatic rings. The topological polar surface area (TPSA) is 60.8 Å². The summed E-state index contributed by atoms with van der Waals surface area (Å²) < 4.78 is 0. The number of aliphatic hydroxyl groups excluding tert-OH is 2. The molecule has 0 aromatic carbocycles. The minimum Gasteiger partial charge on any atom is -0.392 e. The molecule has 4 heteroatoms. The number of carbonyl (C=O) groups excluding carboxylic acids is 1. The molecule has 0 amide bonds. The normalized spacial score (nSPS) is 56.0. The van der Waals surface area contributed by atoms with Crippen LogP contribution in [0.3, 0.4) is 0 Å². The van der Waals surface area contributed by atoms with Crippen molar-refractivity contribution in [1.29, 1.82) is 0 Å². The van der Waals surface area contributed by atoms with Crippen LogP contribution >= 0.6 is 0 Å². The molecule has 0 aromatic heterocycles. The van der Waals surface area contributed by atoms with E-state index in [0.29, 0.717) is 24.3 Å². The van der Waals surface area contributed by atoms with Gasteiger partial charge in [-0.2, -0.15) is 0 Å². The monoisotopic (exact) mass is 359 g/mol. The number of likely N-dealkylation sites (tertiary alicyclic amines) is 1. The van der Waals surface area contributed by atoms with Crippen molar-refractivity contribution < 1.29 is 15.0 Å². The highest BCUT2D eigenvalue weighted by Crippen LogP contribution is 2.73. The van der Waals surface area contributed by atoms with E-state index in [-0.39, 0.29) is 10.8 Å². The lowest BCUT2D eigenvalue weighted by atomic mass is 9.34. The first kappa shape index (κ1) is 17.4. The zero-order chi connectivity index (χ0) is 18.3. The van der Waals surface area contributed by atoms with Crippen LogP contribution in [0.25, 0.3) is 0 Å². The average molecular weight is 360 g/mol. The van der Waals surface area contributed by atoms with Crippen LogP contribution in [0.1, 0.15) is 51.9 Å². The maximum Gasteiger partial charge on any atom is 0.133 e. The van der Waals surface area contributed by atoms with Gasteiger partial charge in [0.05, 0.1) is 18.8 Å². The zero-order valence-corrected chi connectivity index (χ0v) is 16.0. The van der Waals surface area contributed by atoms with Gasteiger partial charge in [-0.05, 0) is 72.7 Å². The predicted octanol–water partition coefficient (Wildman–Crippen LogP) is 2.39. The summed E-state index contributed by atoms with van der Waals surface area (Å²) in [7, 11) is 0. The number of hydrogen-bond donors (Lipinski definition) is 2. The van der Waals surface area contributed by atoms with Gasteiger partial charge in [0.1, 0.15) is 6.29 Å². The minimum absolute atomic E-state index is 0.147. The van der Waals surface area contributed by atoms with E-state index >= 15 is 0 Å². The lowest BCUT2D eigenvalue weighted by Gasteiger charge is -2.73. The third kappa shape index (κ3) is 1.89. The van der Waals surface area contributed by atoms with Gasteiger partial charge in [-0.15, -0.1) is 0 Å².